The van der Waals surface area contributed by atoms with Gasteiger partial charge in [-0.3, -0.25) is 0 Å². The second-order valence-corrected chi connectivity index (χ2v) is 2.41. The molecule has 0 aliphatic heterocycles. The van der Waals surface area contributed by atoms with E-state index in [-0.39, 0.29) is 0 Å². The molecule has 1 atom stereocenters. The van der Waals surface area contributed by atoms with Crippen LogP contribution in [0.2, 0.25) is 0 Å². The molecule has 3 heteroatoms. The summed E-state index contributed by atoms with van der Waals surface area (Å²) in [5, 5.41) is 8.69. The van der Waals surface area contributed by atoms with Crippen molar-refractivity contribution in [2.24, 2.45) is 0 Å². The summed E-state index contributed by atoms with van der Waals surface area (Å²) in [6.45, 7) is 6.98. The van der Waals surface area contributed by atoms with Crippen LogP contribution in [0.15, 0.2) is 0 Å². The highest BCUT2D eigenvalue weighted by Gasteiger charge is 2.23. The number of hydrogen-bond acceptors (Lipinski definition) is 3. The summed E-state index contributed by atoms with van der Waals surface area (Å²) >= 11 is 0. The second kappa shape index (κ2) is 5.11. The van der Waals surface area contributed by atoms with Crippen molar-refractivity contribution in [2.75, 3.05) is 19.8 Å². The largest absolute Gasteiger partial charge is 0.378 e. The van der Waals surface area contributed by atoms with E-state index in [2.05, 4.69) is 6.07 Å². The lowest BCUT2D eigenvalue weighted by molar-refractivity contribution is -0.0438. The average Bonchev–Trinajstić information content (AvgIpc) is 2.02. The normalized spacial score (nSPS) is 15.5. The van der Waals surface area contributed by atoms with E-state index in [1.165, 1.54) is 0 Å². The van der Waals surface area contributed by atoms with Crippen molar-refractivity contribution in [3.8, 4) is 6.07 Å². The summed E-state index contributed by atoms with van der Waals surface area (Å²) in [7, 11) is 0. The van der Waals surface area contributed by atoms with Crippen LogP contribution in [0.25, 0.3) is 0 Å². The van der Waals surface area contributed by atoms with Crippen LogP contribution >= 0.6 is 0 Å². The van der Waals surface area contributed by atoms with Gasteiger partial charge in [-0.2, -0.15) is 5.26 Å². The Labute approximate surface area is 67.9 Å². The van der Waals surface area contributed by atoms with Crippen molar-refractivity contribution in [1.29, 1.82) is 5.26 Å². The molecule has 0 saturated heterocycles. The average molecular weight is 157 g/mol. The molecule has 1 unspecified atom stereocenters. The molecule has 0 N–H and O–H groups in total. The minimum absolute atomic E-state index is 0.341. The van der Waals surface area contributed by atoms with Gasteiger partial charge in [-0.05, 0) is 20.8 Å². The van der Waals surface area contributed by atoms with Crippen molar-refractivity contribution in [2.45, 2.75) is 26.4 Å². The summed E-state index contributed by atoms with van der Waals surface area (Å²) in [6, 6.07) is 2.07. The molecule has 0 heterocycles. The van der Waals surface area contributed by atoms with E-state index >= 15 is 0 Å². The highest BCUT2D eigenvalue weighted by molar-refractivity contribution is 4.98. The first-order chi connectivity index (χ1) is 5.18. The first-order valence-electron chi connectivity index (χ1n) is 3.81. The number of rotatable bonds is 5. The number of nitriles is 1. The quantitative estimate of drug-likeness (QED) is 0.604. The Balaban J connectivity index is 3.81. The summed E-state index contributed by atoms with van der Waals surface area (Å²) in [4.78, 5) is 0. The van der Waals surface area contributed by atoms with Crippen molar-refractivity contribution in [3.63, 3.8) is 0 Å². The Hall–Kier alpha value is -0.590. The van der Waals surface area contributed by atoms with E-state index in [0.29, 0.717) is 19.8 Å². The van der Waals surface area contributed by atoms with Gasteiger partial charge in [0.25, 0.3) is 0 Å². The highest BCUT2D eigenvalue weighted by Crippen LogP contribution is 2.08. The summed E-state index contributed by atoms with van der Waals surface area (Å²) < 4.78 is 10.3. The maximum absolute atomic E-state index is 8.69. The molecule has 0 aliphatic rings. The van der Waals surface area contributed by atoms with Crippen LogP contribution in [0.4, 0.5) is 0 Å². The first kappa shape index (κ1) is 10.4. The smallest absolute Gasteiger partial charge is 0.174 e. The zero-order chi connectivity index (χ0) is 8.74. The Morgan fingerprint density at radius 2 is 2.00 bits per heavy atom. The van der Waals surface area contributed by atoms with Crippen LogP contribution < -0.4 is 0 Å². The highest BCUT2D eigenvalue weighted by atomic mass is 16.5. The van der Waals surface area contributed by atoms with E-state index in [9.17, 15) is 0 Å². The third-order valence-corrected chi connectivity index (χ3v) is 1.28. The van der Waals surface area contributed by atoms with Gasteiger partial charge in [0.05, 0.1) is 12.7 Å². The summed E-state index contributed by atoms with van der Waals surface area (Å²) in [5.41, 5.74) is -0.773. The second-order valence-electron chi connectivity index (χ2n) is 2.41. The molecule has 0 aliphatic carbocycles. The predicted octanol–water partition coefficient (Wildman–Crippen LogP) is 1.34. The summed E-state index contributed by atoms with van der Waals surface area (Å²) in [6.07, 6.45) is 0. The molecule has 0 fully saturated rings. The van der Waals surface area contributed by atoms with Crippen molar-refractivity contribution < 1.29 is 9.47 Å². The molecule has 3 nitrogen and oxygen atoms in total. The van der Waals surface area contributed by atoms with Gasteiger partial charge in [0.15, 0.2) is 5.60 Å². The molecule has 64 valence electrons. The predicted molar refractivity (Wildman–Crippen MR) is 42.1 cm³/mol. The molecule has 0 rings (SSSR count). The third-order valence-electron chi connectivity index (χ3n) is 1.28. The van der Waals surface area contributed by atoms with Crippen LogP contribution in [-0.4, -0.2) is 25.4 Å². The third kappa shape index (κ3) is 3.97. The maximum atomic E-state index is 8.69. The zero-order valence-corrected chi connectivity index (χ0v) is 7.39. The molecule has 0 aromatic carbocycles. The number of hydrogen-bond donors (Lipinski definition) is 0. The molecule has 0 bridgehead atoms. The fourth-order valence-electron chi connectivity index (χ4n) is 0.722. The Morgan fingerprint density at radius 1 is 1.36 bits per heavy atom. The molecule has 0 radical (unpaired) electrons. The van der Waals surface area contributed by atoms with Gasteiger partial charge in [-0.15, -0.1) is 0 Å². The lowest BCUT2D eigenvalue weighted by atomic mass is 10.1. The molecule has 0 amide bonds. The fourth-order valence-corrected chi connectivity index (χ4v) is 0.722. The molecule has 0 aromatic rings. The fraction of sp³-hybridized carbons (Fsp3) is 0.875. The Bertz CT molecular complexity index is 142. The van der Waals surface area contributed by atoms with Crippen LogP contribution in [0.5, 0.6) is 0 Å². The molecular weight excluding hydrogens is 142 g/mol. The minimum atomic E-state index is -0.773. The minimum Gasteiger partial charge on any atom is -0.378 e. The van der Waals surface area contributed by atoms with Crippen LogP contribution in [0.3, 0.4) is 0 Å². The van der Waals surface area contributed by atoms with Gasteiger partial charge in [0.1, 0.15) is 0 Å². The Kier molecular flexibility index (Phi) is 4.84. The van der Waals surface area contributed by atoms with E-state index in [4.69, 9.17) is 14.7 Å². The maximum Gasteiger partial charge on any atom is 0.174 e. The molecule has 11 heavy (non-hydrogen) atoms. The SMILES string of the molecule is CCOCC(C)(C#N)OCC. The topological polar surface area (TPSA) is 42.2 Å². The van der Waals surface area contributed by atoms with Crippen molar-refractivity contribution >= 4 is 0 Å². The summed E-state index contributed by atoms with van der Waals surface area (Å²) in [5.74, 6) is 0. The van der Waals surface area contributed by atoms with Gasteiger partial charge in [0.2, 0.25) is 0 Å². The lowest BCUT2D eigenvalue weighted by Crippen LogP contribution is -2.32. The first-order valence-corrected chi connectivity index (χ1v) is 3.81. The standard InChI is InChI=1S/C8H15NO2/c1-4-10-7-8(3,6-9)11-5-2/h4-5,7H2,1-3H3. The van der Waals surface area contributed by atoms with Gasteiger partial charge < -0.3 is 9.47 Å². The van der Waals surface area contributed by atoms with Gasteiger partial charge in [-0.25, -0.2) is 0 Å². The van der Waals surface area contributed by atoms with E-state index in [1.54, 1.807) is 6.92 Å². The Morgan fingerprint density at radius 3 is 2.36 bits per heavy atom. The van der Waals surface area contributed by atoms with Gasteiger partial charge in [0, 0.05) is 13.2 Å². The monoisotopic (exact) mass is 157 g/mol. The molecule has 0 saturated carbocycles. The number of ether oxygens (including phenoxy) is 2. The van der Waals surface area contributed by atoms with Crippen LogP contribution in [0.1, 0.15) is 20.8 Å². The lowest BCUT2D eigenvalue weighted by Gasteiger charge is -2.20. The van der Waals surface area contributed by atoms with Crippen molar-refractivity contribution in [3.05, 3.63) is 0 Å². The van der Waals surface area contributed by atoms with E-state index in [1.807, 2.05) is 13.8 Å². The van der Waals surface area contributed by atoms with E-state index < -0.39 is 5.60 Å². The van der Waals surface area contributed by atoms with Crippen LogP contribution in [-0.2, 0) is 9.47 Å². The molecule has 0 aromatic heterocycles. The van der Waals surface area contributed by atoms with E-state index in [0.717, 1.165) is 0 Å². The van der Waals surface area contributed by atoms with Crippen molar-refractivity contribution in [1.82, 2.24) is 0 Å². The van der Waals surface area contributed by atoms with Crippen LogP contribution in [0, 0.1) is 11.3 Å². The zero-order valence-electron chi connectivity index (χ0n) is 7.39. The molecular formula is C8H15NO2. The molecule has 0 spiro atoms. The van der Waals surface area contributed by atoms with Gasteiger partial charge in [-0.1, -0.05) is 0 Å². The van der Waals surface area contributed by atoms with Gasteiger partial charge >= 0.3 is 0 Å². The number of nitrogens with zero attached hydrogens (tertiary/aromatic N) is 1.